The smallest absolute Gasteiger partial charge is 0.0615 e. The van der Waals surface area contributed by atoms with Gasteiger partial charge in [0.05, 0.1) is 11.4 Å². The maximum atomic E-state index is 6.00. The summed E-state index contributed by atoms with van der Waals surface area (Å²) in [6, 6.07) is 5.69. The van der Waals surface area contributed by atoms with Crippen molar-refractivity contribution in [1.82, 2.24) is 0 Å². The van der Waals surface area contributed by atoms with Crippen molar-refractivity contribution in [3.63, 3.8) is 0 Å². The Balaban J connectivity index is 2.14. The first-order chi connectivity index (χ1) is 7.60. The maximum absolute atomic E-state index is 6.00. The molecule has 0 saturated carbocycles. The molecular weight excluding hydrogens is 220 g/mol. The molecule has 16 heavy (non-hydrogen) atoms. The Hall–Kier alpha value is -0.890. The number of rotatable bonds is 3. The third kappa shape index (κ3) is 1.86. The highest BCUT2D eigenvalue weighted by Crippen LogP contribution is 2.42. The second kappa shape index (κ2) is 4.17. The fourth-order valence-corrected chi connectivity index (χ4v) is 2.59. The van der Waals surface area contributed by atoms with Crippen LogP contribution in [0.3, 0.4) is 0 Å². The van der Waals surface area contributed by atoms with Crippen LogP contribution in [0.25, 0.3) is 0 Å². The van der Waals surface area contributed by atoms with Crippen LogP contribution in [-0.4, -0.2) is 13.1 Å². The summed E-state index contributed by atoms with van der Waals surface area (Å²) in [6.07, 6.45) is 2.47. The molecule has 1 aliphatic heterocycles. The second-order valence-corrected chi connectivity index (χ2v) is 5.20. The lowest BCUT2D eigenvalue weighted by atomic mass is 9.75. The van der Waals surface area contributed by atoms with Crippen LogP contribution in [0.5, 0.6) is 0 Å². The largest absolute Gasteiger partial charge is 0.397 e. The van der Waals surface area contributed by atoms with Crippen molar-refractivity contribution in [2.75, 3.05) is 23.7 Å². The summed E-state index contributed by atoms with van der Waals surface area (Å²) in [7, 11) is 0. The summed E-state index contributed by atoms with van der Waals surface area (Å²) >= 11 is 6.00. The molecule has 1 heterocycles. The lowest BCUT2D eigenvalue weighted by molar-refractivity contribution is 0.195. The van der Waals surface area contributed by atoms with E-state index in [1.807, 2.05) is 18.2 Å². The van der Waals surface area contributed by atoms with E-state index in [-0.39, 0.29) is 0 Å². The second-order valence-electron chi connectivity index (χ2n) is 4.77. The van der Waals surface area contributed by atoms with Gasteiger partial charge in [0.25, 0.3) is 0 Å². The summed E-state index contributed by atoms with van der Waals surface area (Å²) in [6.45, 7) is 6.74. The van der Waals surface area contributed by atoms with Gasteiger partial charge >= 0.3 is 0 Å². The molecular formula is C13H19ClN2. The minimum atomic E-state index is 0.495. The molecule has 0 unspecified atom stereocenters. The molecule has 1 aromatic carbocycles. The molecule has 1 fully saturated rings. The molecule has 0 amide bonds. The van der Waals surface area contributed by atoms with Crippen LogP contribution >= 0.6 is 11.6 Å². The highest BCUT2D eigenvalue weighted by Gasteiger charge is 2.40. The molecule has 3 heteroatoms. The standard InChI is InChI=1S/C13H19ClN2/c1-3-13(4-2)8-16(9-13)12-7-10(14)5-6-11(12)15/h5-7H,3-4,8-9,15H2,1-2H3. The van der Waals surface area contributed by atoms with Crippen LogP contribution < -0.4 is 10.6 Å². The molecule has 1 aromatic rings. The van der Waals surface area contributed by atoms with E-state index >= 15 is 0 Å². The van der Waals surface area contributed by atoms with Crippen molar-refractivity contribution < 1.29 is 0 Å². The van der Waals surface area contributed by atoms with Crippen LogP contribution in [-0.2, 0) is 0 Å². The van der Waals surface area contributed by atoms with E-state index in [9.17, 15) is 0 Å². The van der Waals surface area contributed by atoms with Crippen molar-refractivity contribution in [3.8, 4) is 0 Å². The predicted molar refractivity (Wildman–Crippen MR) is 71.1 cm³/mol. The van der Waals surface area contributed by atoms with Gasteiger partial charge in [-0.25, -0.2) is 0 Å². The molecule has 0 radical (unpaired) electrons. The number of nitrogen functional groups attached to an aromatic ring is 1. The highest BCUT2D eigenvalue weighted by atomic mass is 35.5. The lowest BCUT2D eigenvalue weighted by Crippen LogP contribution is -2.56. The first-order valence-electron chi connectivity index (χ1n) is 5.90. The van der Waals surface area contributed by atoms with Gasteiger partial charge in [-0.2, -0.15) is 0 Å². The van der Waals surface area contributed by atoms with Crippen molar-refractivity contribution in [1.29, 1.82) is 0 Å². The van der Waals surface area contributed by atoms with E-state index in [0.29, 0.717) is 5.41 Å². The van der Waals surface area contributed by atoms with E-state index in [1.165, 1.54) is 12.8 Å². The SMILES string of the molecule is CCC1(CC)CN(c2cc(Cl)ccc2N)C1. The average molecular weight is 239 g/mol. The van der Waals surface area contributed by atoms with E-state index in [4.69, 9.17) is 17.3 Å². The number of halogens is 1. The Bertz CT molecular complexity index is 378. The maximum Gasteiger partial charge on any atom is 0.0615 e. The van der Waals surface area contributed by atoms with Crippen LogP contribution in [0.4, 0.5) is 11.4 Å². The Kier molecular flexibility index (Phi) is 3.02. The Labute approximate surface area is 102 Å². The zero-order valence-electron chi connectivity index (χ0n) is 9.96. The van der Waals surface area contributed by atoms with E-state index < -0.39 is 0 Å². The number of hydrogen-bond donors (Lipinski definition) is 1. The molecule has 1 aliphatic rings. The van der Waals surface area contributed by atoms with Crippen LogP contribution in [0.2, 0.25) is 5.02 Å². The van der Waals surface area contributed by atoms with Gasteiger partial charge in [0.2, 0.25) is 0 Å². The van der Waals surface area contributed by atoms with Gasteiger partial charge in [0.1, 0.15) is 0 Å². The third-order valence-corrected chi connectivity index (χ3v) is 4.12. The molecule has 0 aromatic heterocycles. The minimum absolute atomic E-state index is 0.495. The lowest BCUT2D eigenvalue weighted by Gasteiger charge is -2.51. The van der Waals surface area contributed by atoms with Crippen molar-refractivity contribution in [2.24, 2.45) is 5.41 Å². The molecule has 2 N–H and O–H groups in total. The van der Waals surface area contributed by atoms with Crippen molar-refractivity contribution in [3.05, 3.63) is 23.2 Å². The fourth-order valence-electron chi connectivity index (χ4n) is 2.42. The van der Waals surface area contributed by atoms with Gasteiger partial charge in [-0.3, -0.25) is 0 Å². The van der Waals surface area contributed by atoms with Gasteiger partial charge in [-0.05, 0) is 31.0 Å². The molecule has 0 spiro atoms. The monoisotopic (exact) mass is 238 g/mol. The molecule has 0 aliphatic carbocycles. The summed E-state index contributed by atoms with van der Waals surface area (Å²) in [5.74, 6) is 0. The molecule has 0 atom stereocenters. The fraction of sp³-hybridized carbons (Fsp3) is 0.538. The van der Waals surface area contributed by atoms with E-state index in [2.05, 4.69) is 18.7 Å². The summed E-state index contributed by atoms with van der Waals surface area (Å²) < 4.78 is 0. The number of benzene rings is 1. The van der Waals surface area contributed by atoms with E-state index in [0.717, 1.165) is 29.5 Å². The third-order valence-electron chi connectivity index (χ3n) is 3.89. The molecule has 88 valence electrons. The average Bonchev–Trinajstić information content (AvgIpc) is 2.23. The van der Waals surface area contributed by atoms with Crippen molar-refractivity contribution >= 4 is 23.0 Å². The molecule has 2 nitrogen and oxygen atoms in total. The number of anilines is 2. The zero-order valence-corrected chi connectivity index (χ0v) is 10.7. The number of hydrogen-bond acceptors (Lipinski definition) is 2. The van der Waals surface area contributed by atoms with Gasteiger partial charge in [0, 0.05) is 23.5 Å². The number of nitrogens with zero attached hydrogens (tertiary/aromatic N) is 1. The Morgan fingerprint density at radius 1 is 1.31 bits per heavy atom. The van der Waals surface area contributed by atoms with Crippen molar-refractivity contribution in [2.45, 2.75) is 26.7 Å². The first kappa shape index (κ1) is 11.6. The zero-order chi connectivity index (χ0) is 11.8. The van der Waals surface area contributed by atoms with Gasteiger partial charge in [-0.1, -0.05) is 25.4 Å². The normalized spacial score (nSPS) is 18.3. The molecule has 2 rings (SSSR count). The van der Waals surface area contributed by atoms with Gasteiger partial charge < -0.3 is 10.6 Å². The van der Waals surface area contributed by atoms with Crippen LogP contribution in [0, 0.1) is 5.41 Å². The minimum Gasteiger partial charge on any atom is -0.397 e. The summed E-state index contributed by atoms with van der Waals surface area (Å²) in [5, 5.41) is 0.759. The first-order valence-corrected chi connectivity index (χ1v) is 6.28. The Morgan fingerprint density at radius 2 is 1.94 bits per heavy atom. The highest BCUT2D eigenvalue weighted by molar-refractivity contribution is 6.31. The topological polar surface area (TPSA) is 29.3 Å². The quantitative estimate of drug-likeness (QED) is 0.816. The van der Waals surface area contributed by atoms with E-state index in [1.54, 1.807) is 0 Å². The predicted octanol–water partition coefficient (Wildman–Crippen LogP) is 3.55. The van der Waals surface area contributed by atoms with Crippen LogP contribution in [0.15, 0.2) is 18.2 Å². The molecule has 1 saturated heterocycles. The van der Waals surface area contributed by atoms with Gasteiger partial charge in [-0.15, -0.1) is 0 Å². The molecule has 0 bridgehead atoms. The Morgan fingerprint density at radius 3 is 2.50 bits per heavy atom. The van der Waals surface area contributed by atoms with Crippen LogP contribution in [0.1, 0.15) is 26.7 Å². The van der Waals surface area contributed by atoms with Gasteiger partial charge in [0.15, 0.2) is 0 Å². The summed E-state index contributed by atoms with van der Waals surface area (Å²) in [4.78, 5) is 2.33. The summed E-state index contributed by atoms with van der Waals surface area (Å²) in [5.41, 5.74) is 8.38. The number of nitrogens with two attached hydrogens (primary N) is 1.